The fraction of sp³-hybridized carbons (Fsp3) is 0. The summed E-state index contributed by atoms with van der Waals surface area (Å²) in [5, 5.41) is 16.5. The molecule has 1 amide bonds. The number of anilines is 1. The number of nitrogens with one attached hydrogen (secondary N) is 2. The fourth-order valence-corrected chi connectivity index (χ4v) is 4.00. The first-order valence-corrected chi connectivity index (χ1v) is 11.4. The van der Waals surface area contributed by atoms with Crippen molar-refractivity contribution in [3.8, 4) is 28.5 Å². The van der Waals surface area contributed by atoms with Crippen LogP contribution in [0.1, 0.15) is 10.6 Å². The maximum absolute atomic E-state index is 12.6. The van der Waals surface area contributed by atoms with Gasteiger partial charge >= 0.3 is 0 Å². The van der Waals surface area contributed by atoms with Gasteiger partial charge in [-0.2, -0.15) is 0 Å². The number of thiocarbonyl (C=S) groups is 1. The van der Waals surface area contributed by atoms with E-state index in [4.69, 9.17) is 44.3 Å². The lowest BCUT2D eigenvalue weighted by Crippen LogP contribution is -2.33. The number of phenols is 1. The lowest BCUT2D eigenvalue weighted by Gasteiger charge is -2.10. The van der Waals surface area contributed by atoms with Gasteiger partial charge in [-0.3, -0.25) is 10.1 Å². The van der Waals surface area contributed by atoms with E-state index in [1.807, 2.05) is 18.2 Å². The van der Waals surface area contributed by atoms with Crippen LogP contribution in [0.25, 0.3) is 33.9 Å². The molecule has 10 heteroatoms. The number of aromatic hydroxyl groups is 1. The maximum atomic E-state index is 12.6. The van der Waals surface area contributed by atoms with Crippen LogP contribution in [-0.4, -0.2) is 21.1 Å². The number of oxazole rings is 1. The predicted molar refractivity (Wildman–Crippen MR) is 139 cm³/mol. The summed E-state index contributed by atoms with van der Waals surface area (Å²) in [5.41, 5.74) is 2.71. The van der Waals surface area contributed by atoms with Gasteiger partial charge in [-0.05, 0) is 66.8 Å². The number of hydrogen-bond donors (Lipinski definition) is 3. The summed E-state index contributed by atoms with van der Waals surface area (Å²) in [4.78, 5) is 17.0. The summed E-state index contributed by atoms with van der Waals surface area (Å²) in [5.74, 6) is 0.121. The van der Waals surface area contributed by atoms with E-state index in [0.717, 1.165) is 0 Å². The maximum Gasteiger partial charge on any atom is 0.293 e. The third-order valence-corrected chi connectivity index (χ3v) is 6.08. The van der Waals surface area contributed by atoms with Crippen molar-refractivity contribution >= 4 is 63.2 Å². The van der Waals surface area contributed by atoms with Crippen LogP contribution in [0, 0.1) is 0 Å². The largest absolute Gasteiger partial charge is 0.507 e. The van der Waals surface area contributed by atoms with Crippen LogP contribution in [0.3, 0.4) is 0 Å². The molecule has 0 saturated carbocycles. The van der Waals surface area contributed by atoms with Crippen molar-refractivity contribution in [3.05, 3.63) is 88.6 Å². The van der Waals surface area contributed by atoms with E-state index >= 15 is 0 Å². The topological polar surface area (TPSA) is 101 Å². The van der Waals surface area contributed by atoms with Crippen molar-refractivity contribution in [3.63, 3.8) is 0 Å². The van der Waals surface area contributed by atoms with Gasteiger partial charge in [0.25, 0.3) is 5.91 Å². The van der Waals surface area contributed by atoms with Gasteiger partial charge in [-0.25, -0.2) is 4.98 Å². The molecule has 5 aromatic rings. The van der Waals surface area contributed by atoms with E-state index in [1.165, 1.54) is 12.1 Å². The summed E-state index contributed by atoms with van der Waals surface area (Å²) in [6.07, 6.45) is 0. The summed E-state index contributed by atoms with van der Waals surface area (Å²) < 4.78 is 11.4. The first-order valence-electron chi connectivity index (χ1n) is 10.2. The lowest BCUT2D eigenvalue weighted by molar-refractivity contribution is 0.0951. The summed E-state index contributed by atoms with van der Waals surface area (Å²) in [6, 6.07) is 20.2. The number of rotatable bonds is 4. The van der Waals surface area contributed by atoms with E-state index in [-0.39, 0.29) is 22.5 Å². The normalized spacial score (nSPS) is 10.9. The van der Waals surface area contributed by atoms with E-state index < -0.39 is 5.91 Å². The van der Waals surface area contributed by atoms with Crippen LogP contribution in [0.2, 0.25) is 10.0 Å². The molecule has 0 aliphatic rings. The number of aromatic nitrogens is 1. The molecule has 0 saturated heterocycles. The second kappa shape index (κ2) is 9.42. The molecule has 0 bridgehead atoms. The van der Waals surface area contributed by atoms with Crippen LogP contribution in [0.15, 0.2) is 81.6 Å². The molecule has 3 N–H and O–H groups in total. The number of para-hydroxylation sites is 2. The molecule has 0 radical (unpaired) electrons. The highest BCUT2D eigenvalue weighted by Crippen LogP contribution is 2.35. The van der Waals surface area contributed by atoms with E-state index in [1.54, 1.807) is 42.5 Å². The second-order valence-electron chi connectivity index (χ2n) is 7.39. The molecule has 0 spiro atoms. The van der Waals surface area contributed by atoms with Gasteiger partial charge in [-0.1, -0.05) is 41.4 Å². The molecule has 35 heavy (non-hydrogen) atoms. The van der Waals surface area contributed by atoms with Crippen molar-refractivity contribution in [1.82, 2.24) is 10.3 Å². The van der Waals surface area contributed by atoms with Crippen molar-refractivity contribution in [2.24, 2.45) is 0 Å². The van der Waals surface area contributed by atoms with Crippen molar-refractivity contribution < 1.29 is 18.7 Å². The molecule has 3 aromatic carbocycles. The Morgan fingerprint density at radius 3 is 2.60 bits per heavy atom. The van der Waals surface area contributed by atoms with Crippen LogP contribution >= 0.6 is 35.4 Å². The monoisotopic (exact) mass is 523 g/mol. The van der Waals surface area contributed by atoms with Crippen LogP contribution in [-0.2, 0) is 0 Å². The van der Waals surface area contributed by atoms with Gasteiger partial charge in [0.2, 0.25) is 5.89 Å². The molecule has 0 atom stereocenters. The minimum atomic E-state index is -0.551. The Morgan fingerprint density at radius 2 is 1.77 bits per heavy atom. The lowest BCUT2D eigenvalue weighted by atomic mass is 10.1. The highest BCUT2D eigenvalue weighted by Gasteiger charge is 2.17. The highest BCUT2D eigenvalue weighted by molar-refractivity contribution is 7.80. The Bertz CT molecular complexity index is 1560. The van der Waals surface area contributed by atoms with E-state index in [9.17, 15) is 9.90 Å². The molecule has 0 aliphatic heterocycles. The van der Waals surface area contributed by atoms with Crippen molar-refractivity contribution in [2.45, 2.75) is 0 Å². The second-order valence-corrected chi connectivity index (χ2v) is 8.59. The first-order chi connectivity index (χ1) is 16.9. The Balaban J connectivity index is 1.30. The molecule has 174 valence electrons. The van der Waals surface area contributed by atoms with Gasteiger partial charge in [0.15, 0.2) is 16.5 Å². The summed E-state index contributed by atoms with van der Waals surface area (Å²) in [6.45, 7) is 0. The quantitative estimate of drug-likeness (QED) is 0.174. The van der Waals surface area contributed by atoms with Crippen LogP contribution < -0.4 is 10.6 Å². The zero-order valence-corrected chi connectivity index (χ0v) is 20.0. The number of nitrogens with zero attached hydrogens (tertiary/aromatic N) is 1. The highest BCUT2D eigenvalue weighted by atomic mass is 35.5. The number of phenolic OH excluding ortho intramolecular Hbond substituents is 1. The molecular weight excluding hydrogens is 509 g/mol. The van der Waals surface area contributed by atoms with Crippen molar-refractivity contribution in [2.75, 3.05) is 5.32 Å². The zero-order chi connectivity index (χ0) is 24.5. The molecular formula is C25H15Cl2N3O4S. The zero-order valence-electron chi connectivity index (χ0n) is 17.7. The van der Waals surface area contributed by atoms with Gasteiger partial charge in [-0.15, -0.1) is 0 Å². The third-order valence-electron chi connectivity index (χ3n) is 5.05. The van der Waals surface area contributed by atoms with Gasteiger partial charge in [0, 0.05) is 11.3 Å². The molecule has 2 aromatic heterocycles. The molecule has 0 aliphatic carbocycles. The molecule has 7 nitrogen and oxygen atoms in total. The minimum absolute atomic E-state index is 0.0140. The number of carbonyl (C=O) groups excluding carboxylic acids is 1. The SMILES string of the molecule is O=C(NC(=S)Nc1ccc(O)c(-c2nc3ccccc3o2)c1)c1ccc(-c2cccc(Cl)c2Cl)o1. The molecule has 2 heterocycles. The number of hydrogen-bond acceptors (Lipinski definition) is 6. The first kappa shape index (κ1) is 22.9. The number of furan rings is 1. The Kier molecular flexibility index (Phi) is 6.17. The van der Waals surface area contributed by atoms with E-state index in [0.29, 0.717) is 43.7 Å². The third kappa shape index (κ3) is 4.72. The van der Waals surface area contributed by atoms with Crippen LogP contribution in [0.5, 0.6) is 5.75 Å². The Hall–Kier alpha value is -3.85. The number of fused-ring (bicyclic) bond motifs is 1. The number of carbonyl (C=O) groups is 1. The predicted octanol–water partition coefficient (Wildman–Crippen LogP) is 6.89. The Labute approximate surface area is 214 Å². The number of halogens is 2. The molecule has 5 rings (SSSR count). The van der Waals surface area contributed by atoms with Gasteiger partial charge in [0.05, 0.1) is 15.6 Å². The Morgan fingerprint density at radius 1 is 0.943 bits per heavy atom. The average molecular weight is 524 g/mol. The van der Waals surface area contributed by atoms with E-state index in [2.05, 4.69) is 15.6 Å². The smallest absolute Gasteiger partial charge is 0.293 e. The summed E-state index contributed by atoms with van der Waals surface area (Å²) in [7, 11) is 0. The summed E-state index contributed by atoms with van der Waals surface area (Å²) >= 11 is 17.6. The minimum Gasteiger partial charge on any atom is -0.507 e. The molecule has 0 unspecified atom stereocenters. The molecule has 0 fully saturated rings. The van der Waals surface area contributed by atoms with Gasteiger partial charge < -0.3 is 19.3 Å². The standard InChI is InChI=1S/C25H15Cl2N3O4S/c26-16-5-3-4-14(22(16)27)19-10-11-21(33-19)23(32)30-25(35)28-13-8-9-18(31)15(12-13)24-29-17-6-1-2-7-20(17)34-24/h1-12,31H,(H2,28,30,32,35). The van der Waals surface area contributed by atoms with Gasteiger partial charge in [0.1, 0.15) is 17.0 Å². The number of benzene rings is 3. The number of amides is 1. The average Bonchev–Trinajstić information content (AvgIpc) is 3.49. The van der Waals surface area contributed by atoms with Crippen molar-refractivity contribution in [1.29, 1.82) is 0 Å². The fourth-order valence-electron chi connectivity index (χ4n) is 3.40. The van der Waals surface area contributed by atoms with Crippen LogP contribution in [0.4, 0.5) is 5.69 Å².